The van der Waals surface area contributed by atoms with Crippen LogP contribution in [0.4, 0.5) is 11.6 Å². The number of guanidine groups is 1. The topological polar surface area (TPSA) is 209 Å². The van der Waals surface area contributed by atoms with Crippen LogP contribution in [0, 0.1) is 0 Å². The fourth-order valence-electron chi connectivity index (χ4n) is 3.43. The molecule has 0 fully saturated rings. The van der Waals surface area contributed by atoms with Gasteiger partial charge in [-0.05, 0) is 47.6 Å². The second-order valence-corrected chi connectivity index (χ2v) is 8.33. The lowest BCUT2D eigenvalue weighted by Gasteiger charge is -2.09. The van der Waals surface area contributed by atoms with Gasteiger partial charge in [0.15, 0.2) is 28.4 Å². The minimum Gasteiger partial charge on any atom is -0.480 e. The first-order valence-corrected chi connectivity index (χ1v) is 11.2. The van der Waals surface area contributed by atoms with Crippen molar-refractivity contribution in [2.45, 2.75) is 31.7 Å². The number of fused-ring (bicyclic) bond motifs is 1. The van der Waals surface area contributed by atoms with E-state index in [1.807, 2.05) is 30.3 Å². The average molecular weight is 533 g/mol. The summed E-state index contributed by atoms with van der Waals surface area (Å²) in [4.78, 5) is 34.9. The van der Waals surface area contributed by atoms with Gasteiger partial charge >= 0.3 is 5.97 Å². The average Bonchev–Trinajstić information content (AvgIpc) is 2.81. The molecule has 0 saturated heterocycles. The van der Waals surface area contributed by atoms with E-state index in [4.69, 9.17) is 39.6 Å². The molecule has 36 heavy (non-hydrogen) atoms. The van der Waals surface area contributed by atoms with Gasteiger partial charge in [0.2, 0.25) is 0 Å². The van der Waals surface area contributed by atoms with Crippen LogP contribution >= 0.6 is 25.1 Å². The molecule has 1 aromatic heterocycles. The summed E-state index contributed by atoms with van der Waals surface area (Å²) in [5.41, 5.74) is 24.4. The number of rotatable bonds is 9. The summed E-state index contributed by atoms with van der Waals surface area (Å²) in [6, 6.07) is 11.1. The van der Waals surface area contributed by atoms with E-state index in [2.05, 4.69) is 26.3 Å². The standard InChI is InChI=1S/C23H27ClN8O3.H2S/c24-18-20(27)31-19(26)17(30-18)21(33)32-23(28)29-8-2-1-3-12-4-6-15-10-13(5-7-14(15)9-12)11-16(25)22(34)35;/h4-7,9-10,16H,1-3,8,11,25H2,(H,34,35)(H4,26,27,31)(H3,28,29,32,33);1H2/t16-;/m0./s1. The molecule has 1 atom stereocenters. The molecule has 13 heteroatoms. The van der Waals surface area contributed by atoms with Crippen LogP contribution in [0.2, 0.25) is 5.15 Å². The Bertz CT molecular complexity index is 1290. The number of carboxylic acids is 1. The van der Waals surface area contributed by atoms with E-state index in [-0.39, 0.29) is 48.4 Å². The highest BCUT2D eigenvalue weighted by atomic mass is 35.5. The molecule has 10 N–H and O–H groups in total. The fraction of sp³-hybridized carbons (Fsp3) is 0.261. The number of aliphatic imine (C=N–C) groups is 1. The zero-order valence-electron chi connectivity index (χ0n) is 19.4. The lowest BCUT2D eigenvalue weighted by atomic mass is 9.99. The molecule has 2 aromatic carbocycles. The lowest BCUT2D eigenvalue weighted by molar-refractivity contribution is -0.138. The van der Waals surface area contributed by atoms with Crippen molar-refractivity contribution < 1.29 is 14.7 Å². The number of carbonyl (C=O) groups excluding carboxylic acids is 1. The van der Waals surface area contributed by atoms with Gasteiger partial charge in [0.25, 0.3) is 5.91 Å². The third kappa shape index (κ3) is 7.70. The largest absolute Gasteiger partial charge is 0.480 e. The Balaban J connectivity index is 0.00000456. The van der Waals surface area contributed by atoms with Gasteiger partial charge in [-0.3, -0.25) is 19.9 Å². The molecule has 0 aliphatic carbocycles. The van der Waals surface area contributed by atoms with Gasteiger partial charge in [-0.15, -0.1) is 0 Å². The van der Waals surface area contributed by atoms with Crippen LogP contribution in [0.1, 0.15) is 34.5 Å². The maximum Gasteiger partial charge on any atom is 0.320 e. The highest BCUT2D eigenvalue weighted by Gasteiger charge is 2.16. The van der Waals surface area contributed by atoms with Gasteiger partial charge in [-0.25, -0.2) is 9.97 Å². The number of carboxylic acid groups (broad SMARTS) is 1. The number of benzene rings is 2. The van der Waals surface area contributed by atoms with Crippen LogP contribution in [0.25, 0.3) is 10.8 Å². The molecule has 0 bridgehead atoms. The van der Waals surface area contributed by atoms with E-state index >= 15 is 0 Å². The van der Waals surface area contributed by atoms with Gasteiger partial charge in [-0.1, -0.05) is 48.0 Å². The highest BCUT2D eigenvalue weighted by molar-refractivity contribution is 7.59. The Hall–Kier alpha value is -3.61. The number of unbranched alkanes of at least 4 members (excludes halogenated alkanes) is 1. The Kier molecular flexibility index (Phi) is 10.3. The quantitative estimate of drug-likeness (QED) is 0.134. The summed E-state index contributed by atoms with van der Waals surface area (Å²) in [5, 5.41) is 13.4. The predicted molar refractivity (Wildman–Crippen MR) is 146 cm³/mol. The van der Waals surface area contributed by atoms with Crippen LogP contribution in [0.15, 0.2) is 41.4 Å². The monoisotopic (exact) mass is 532 g/mol. The van der Waals surface area contributed by atoms with Crippen molar-refractivity contribution in [3.05, 3.63) is 58.4 Å². The number of nitrogens with one attached hydrogen (secondary N) is 1. The highest BCUT2D eigenvalue weighted by Crippen LogP contribution is 2.20. The number of nitrogens with zero attached hydrogens (tertiary/aromatic N) is 3. The number of aliphatic carboxylic acids is 1. The van der Waals surface area contributed by atoms with Gasteiger partial charge < -0.3 is 28.0 Å². The minimum absolute atomic E-state index is 0. The van der Waals surface area contributed by atoms with Crippen molar-refractivity contribution in [2.24, 2.45) is 16.5 Å². The zero-order valence-corrected chi connectivity index (χ0v) is 21.1. The third-order valence-corrected chi connectivity index (χ3v) is 5.54. The van der Waals surface area contributed by atoms with Crippen LogP contribution in [-0.4, -0.2) is 45.5 Å². The van der Waals surface area contributed by atoms with E-state index in [0.717, 1.165) is 35.6 Å². The number of anilines is 2. The molecule has 192 valence electrons. The number of amides is 1. The van der Waals surface area contributed by atoms with Crippen molar-refractivity contribution >= 4 is 65.3 Å². The Morgan fingerprint density at radius 3 is 2.33 bits per heavy atom. The smallest absolute Gasteiger partial charge is 0.320 e. The van der Waals surface area contributed by atoms with E-state index in [0.29, 0.717) is 6.54 Å². The fourth-order valence-corrected chi connectivity index (χ4v) is 3.56. The first-order chi connectivity index (χ1) is 16.6. The second kappa shape index (κ2) is 12.9. The zero-order chi connectivity index (χ0) is 25.5. The molecule has 0 saturated carbocycles. The maximum absolute atomic E-state index is 12.2. The lowest BCUT2D eigenvalue weighted by Crippen LogP contribution is -2.38. The number of carbonyl (C=O) groups is 2. The van der Waals surface area contributed by atoms with Gasteiger partial charge in [-0.2, -0.15) is 13.5 Å². The maximum atomic E-state index is 12.2. The van der Waals surface area contributed by atoms with Crippen LogP contribution in [0.5, 0.6) is 0 Å². The molecule has 0 radical (unpaired) electrons. The number of halogens is 1. The number of hydrogen-bond acceptors (Lipinski definition) is 8. The molecule has 11 nitrogen and oxygen atoms in total. The molecular formula is C23H29ClN8O3S. The molecule has 3 rings (SSSR count). The molecule has 1 amide bonds. The first kappa shape index (κ1) is 28.6. The number of nitrogens with two attached hydrogens (primary N) is 4. The van der Waals surface area contributed by atoms with E-state index in [1.54, 1.807) is 0 Å². The number of aryl methyl sites for hydroxylation is 1. The summed E-state index contributed by atoms with van der Waals surface area (Å²) < 4.78 is 0. The van der Waals surface area contributed by atoms with Crippen molar-refractivity contribution in [2.75, 3.05) is 18.0 Å². The van der Waals surface area contributed by atoms with E-state index in [9.17, 15) is 9.59 Å². The van der Waals surface area contributed by atoms with Crippen LogP contribution in [-0.2, 0) is 17.6 Å². The molecule has 0 unspecified atom stereocenters. The Morgan fingerprint density at radius 1 is 1.03 bits per heavy atom. The predicted octanol–water partition coefficient (Wildman–Crippen LogP) is 1.58. The SMILES string of the molecule is NC(=NCCCCc1ccc2cc(C[C@H](N)C(=O)O)ccc2c1)NC(=O)c1nc(Cl)c(N)nc1N.S. The van der Waals surface area contributed by atoms with Crippen molar-refractivity contribution in [1.82, 2.24) is 15.3 Å². The number of hydrogen-bond donors (Lipinski definition) is 6. The molecule has 3 aromatic rings. The van der Waals surface area contributed by atoms with E-state index in [1.165, 1.54) is 5.56 Å². The van der Waals surface area contributed by atoms with Crippen LogP contribution < -0.4 is 28.3 Å². The van der Waals surface area contributed by atoms with Gasteiger partial charge in [0.1, 0.15) is 6.04 Å². The number of nitrogen functional groups attached to an aromatic ring is 2. The number of aromatic nitrogens is 2. The summed E-state index contributed by atoms with van der Waals surface area (Å²) in [6.07, 6.45) is 2.76. The Morgan fingerprint density at radius 2 is 1.67 bits per heavy atom. The van der Waals surface area contributed by atoms with Crippen LogP contribution in [0.3, 0.4) is 0 Å². The molecule has 1 heterocycles. The second-order valence-electron chi connectivity index (χ2n) is 7.98. The molecular weight excluding hydrogens is 504 g/mol. The van der Waals surface area contributed by atoms with Crippen molar-refractivity contribution in [3.8, 4) is 0 Å². The van der Waals surface area contributed by atoms with Gasteiger partial charge in [0, 0.05) is 6.54 Å². The summed E-state index contributed by atoms with van der Waals surface area (Å²) in [6.45, 7) is 0.427. The minimum atomic E-state index is -1.01. The summed E-state index contributed by atoms with van der Waals surface area (Å²) in [5.74, 6) is -1.98. The summed E-state index contributed by atoms with van der Waals surface area (Å²) >= 11 is 5.78. The Labute approximate surface area is 219 Å². The van der Waals surface area contributed by atoms with E-state index < -0.39 is 17.9 Å². The van der Waals surface area contributed by atoms with Crippen molar-refractivity contribution in [1.29, 1.82) is 0 Å². The third-order valence-electron chi connectivity index (χ3n) is 5.26. The normalized spacial score (nSPS) is 12.1. The van der Waals surface area contributed by atoms with Gasteiger partial charge in [0.05, 0.1) is 0 Å². The molecule has 0 aliphatic rings. The van der Waals surface area contributed by atoms with Crippen molar-refractivity contribution in [3.63, 3.8) is 0 Å². The molecule has 0 aliphatic heterocycles. The molecule has 0 spiro atoms. The summed E-state index contributed by atoms with van der Waals surface area (Å²) in [7, 11) is 0. The first-order valence-electron chi connectivity index (χ1n) is 10.8.